The summed E-state index contributed by atoms with van der Waals surface area (Å²) in [5.41, 5.74) is 8.97. The van der Waals surface area contributed by atoms with Crippen LogP contribution in [0.2, 0.25) is 0 Å². The highest BCUT2D eigenvalue weighted by Gasteiger charge is 2.09. The number of pyridine rings is 1. The molecule has 3 heterocycles. The van der Waals surface area contributed by atoms with E-state index < -0.39 is 0 Å². The third-order valence-electron chi connectivity index (χ3n) is 2.54. The fourth-order valence-corrected chi connectivity index (χ4v) is 1.68. The molecule has 6 heteroatoms. The van der Waals surface area contributed by atoms with Crippen LogP contribution in [0.15, 0.2) is 31.0 Å². The number of aromatic nitrogens is 5. The average molecular weight is 226 g/mol. The van der Waals surface area contributed by atoms with Crippen molar-refractivity contribution in [3.8, 4) is 5.69 Å². The van der Waals surface area contributed by atoms with E-state index in [0.29, 0.717) is 17.0 Å². The van der Waals surface area contributed by atoms with Gasteiger partial charge >= 0.3 is 0 Å². The molecule has 6 nitrogen and oxygen atoms in total. The predicted molar refractivity (Wildman–Crippen MR) is 63.6 cm³/mol. The SMILES string of the molecule is Cc1ccc(-n2cnc3ncnc(N)c32)cn1. The molecule has 0 aliphatic carbocycles. The zero-order valence-electron chi connectivity index (χ0n) is 9.20. The Balaban J connectivity index is 2.27. The molecule has 3 aromatic rings. The van der Waals surface area contributed by atoms with Gasteiger partial charge in [0, 0.05) is 5.69 Å². The first-order valence-corrected chi connectivity index (χ1v) is 5.12. The lowest BCUT2D eigenvalue weighted by molar-refractivity contribution is 1.05. The van der Waals surface area contributed by atoms with Gasteiger partial charge in [-0.3, -0.25) is 9.55 Å². The van der Waals surface area contributed by atoms with Gasteiger partial charge in [0.25, 0.3) is 0 Å². The maximum atomic E-state index is 5.84. The number of anilines is 1. The summed E-state index contributed by atoms with van der Waals surface area (Å²) in [6, 6.07) is 3.89. The van der Waals surface area contributed by atoms with Crippen LogP contribution in [-0.4, -0.2) is 24.5 Å². The van der Waals surface area contributed by atoms with Crippen LogP contribution in [-0.2, 0) is 0 Å². The number of aryl methyl sites for hydroxylation is 1. The molecular formula is C11H10N6. The first-order chi connectivity index (χ1) is 8.25. The minimum Gasteiger partial charge on any atom is -0.382 e. The molecule has 2 N–H and O–H groups in total. The standard InChI is InChI=1S/C11H10N6/c1-7-2-3-8(4-13-7)17-6-16-11-9(17)10(12)14-5-15-11/h2-6H,1H3,(H2,12,14,15). The molecule has 0 aliphatic heterocycles. The van der Waals surface area contributed by atoms with Gasteiger partial charge in [0.05, 0.1) is 11.9 Å². The van der Waals surface area contributed by atoms with Crippen molar-refractivity contribution in [1.82, 2.24) is 24.5 Å². The Labute approximate surface area is 97.2 Å². The lowest BCUT2D eigenvalue weighted by Gasteiger charge is -2.04. The Hall–Kier alpha value is -2.50. The molecule has 0 amide bonds. The highest BCUT2D eigenvalue weighted by molar-refractivity contribution is 5.83. The van der Waals surface area contributed by atoms with Crippen molar-refractivity contribution in [2.45, 2.75) is 6.92 Å². The average Bonchev–Trinajstić information content (AvgIpc) is 2.75. The second-order valence-corrected chi connectivity index (χ2v) is 3.70. The molecule has 3 rings (SSSR count). The summed E-state index contributed by atoms with van der Waals surface area (Å²) >= 11 is 0. The van der Waals surface area contributed by atoms with Gasteiger partial charge in [-0.2, -0.15) is 0 Å². The molecule has 0 saturated heterocycles. The Morgan fingerprint density at radius 1 is 1.12 bits per heavy atom. The number of fused-ring (bicyclic) bond motifs is 1. The highest BCUT2D eigenvalue weighted by atomic mass is 15.1. The van der Waals surface area contributed by atoms with Gasteiger partial charge in [0.1, 0.15) is 18.2 Å². The van der Waals surface area contributed by atoms with E-state index in [0.717, 1.165) is 11.4 Å². The molecular weight excluding hydrogens is 216 g/mol. The number of imidazole rings is 1. The van der Waals surface area contributed by atoms with Crippen LogP contribution in [0.3, 0.4) is 0 Å². The van der Waals surface area contributed by atoms with Crippen molar-refractivity contribution in [1.29, 1.82) is 0 Å². The van der Waals surface area contributed by atoms with E-state index in [1.54, 1.807) is 12.5 Å². The van der Waals surface area contributed by atoms with Gasteiger partial charge in [-0.1, -0.05) is 0 Å². The van der Waals surface area contributed by atoms with Gasteiger partial charge in [-0.15, -0.1) is 0 Å². The van der Waals surface area contributed by atoms with E-state index in [1.165, 1.54) is 6.33 Å². The molecule has 17 heavy (non-hydrogen) atoms. The zero-order valence-corrected chi connectivity index (χ0v) is 9.20. The molecule has 0 atom stereocenters. The highest BCUT2D eigenvalue weighted by Crippen LogP contribution is 2.19. The van der Waals surface area contributed by atoms with Crippen LogP contribution in [0, 0.1) is 6.92 Å². The molecule has 0 bridgehead atoms. The monoisotopic (exact) mass is 226 g/mol. The van der Waals surface area contributed by atoms with Crippen molar-refractivity contribution in [3.63, 3.8) is 0 Å². The number of hydrogen-bond donors (Lipinski definition) is 1. The summed E-state index contributed by atoms with van der Waals surface area (Å²) in [7, 11) is 0. The minimum absolute atomic E-state index is 0.410. The first kappa shape index (κ1) is 9.71. The van der Waals surface area contributed by atoms with Crippen LogP contribution in [0.5, 0.6) is 0 Å². The normalized spacial score (nSPS) is 10.9. The van der Waals surface area contributed by atoms with Gasteiger partial charge in [0.15, 0.2) is 11.5 Å². The van der Waals surface area contributed by atoms with Crippen molar-refractivity contribution in [2.24, 2.45) is 0 Å². The predicted octanol–water partition coefficient (Wildman–Crippen LogP) is 1.10. The Kier molecular flexibility index (Phi) is 2.01. The van der Waals surface area contributed by atoms with E-state index in [-0.39, 0.29) is 0 Å². The summed E-state index contributed by atoms with van der Waals surface area (Å²) in [5.74, 6) is 0.410. The van der Waals surface area contributed by atoms with Gasteiger partial charge in [-0.25, -0.2) is 15.0 Å². The van der Waals surface area contributed by atoms with E-state index in [4.69, 9.17) is 5.73 Å². The van der Waals surface area contributed by atoms with Crippen molar-refractivity contribution in [3.05, 3.63) is 36.7 Å². The number of hydrogen-bond acceptors (Lipinski definition) is 5. The lowest BCUT2D eigenvalue weighted by atomic mass is 10.3. The van der Waals surface area contributed by atoms with Crippen LogP contribution in [0.25, 0.3) is 16.9 Å². The van der Waals surface area contributed by atoms with Gasteiger partial charge in [-0.05, 0) is 19.1 Å². The molecule has 0 unspecified atom stereocenters. The number of nitrogens with zero attached hydrogens (tertiary/aromatic N) is 5. The molecule has 0 spiro atoms. The Morgan fingerprint density at radius 2 is 2.00 bits per heavy atom. The van der Waals surface area contributed by atoms with Crippen LogP contribution in [0.1, 0.15) is 5.69 Å². The van der Waals surface area contributed by atoms with E-state index in [9.17, 15) is 0 Å². The lowest BCUT2D eigenvalue weighted by Crippen LogP contribution is -1.99. The van der Waals surface area contributed by atoms with Gasteiger partial charge in [0.2, 0.25) is 0 Å². The second kappa shape index (κ2) is 3.51. The third kappa shape index (κ3) is 1.50. The largest absolute Gasteiger partial charge is 0.382 e. The number of rotatable bonds is 1. The number of nitrogens with two attached hydrogens (primary N) is 1. The summed E-state index contributed by atoms with van der Waals surface area (Å²) in [5, 5.41) is 0. The fraction of sp³-hybridized carbons (Fsp3) is 0.0909. The zero-order chi connectivity index (χ0) is 11.8. The quantitative estimate of drug-likeness (QED) is 0.671. The fourth-order valence-electron chi connectivity index (χ4n) is 1.68. The van der Waals surface area contributed by atoms with Crippen LogP contribution in [0.4, 0.5) is 5.82 Å². The first-order valence-electron chi connectivity index (χ1n) is 5.12. The number of nitrogen functional groups attached to an aromatic ring is 1. The maximum Gasteiger partial charge on any atom is 0.183 e. The topological polar surface area (TPSA) is 82.5 Å². The Morgan fingerprint density at radius 3 is 2.76 bits per heavy atom. The van der Waals surface area contributed by atoms with E-state index >= 15 is 0 Å². The maximum absolute atomic E-state index is 5.84. The molecule has 3 aromatic heterocycles. The minimum atomic E-state index is 0.410. The molecule has 0 saturated carbocycles. The smallest absolute Gasteiger partial charge is 0.183 e. The second-order valence-electron chi connectivity index (χ2n) is 3.70. The molecule has 84 valence electrons. The Bertz CT molecular complexity index is 670. The summed E-state index contributed by atoms with van der Waals surface area (Å²) < 4.78 is 1.83. The molecule has 0 fully saturated rings. The van der Waals surface area contributed by atoms with Crippen LogP contribution < -0.4 is 5.73 Å². The van der Waals surface area contributed by atoms with Crippen molar-refractivity contribution < 1.29 is 0 Å². The molecule has 0 radical (unpaired) electrons. The van der Waals surface area contributed by atoms with E-state index in [1.807, 2.05) is 23.6 Å². The van der Waals surface area contributed by atoms with Crippen LogP contribution >= 0.6 is 0 Å². The third-order valence-corrected chi connectivity index (χ3v) is 2.54. The molecule has 0 aliphatic rings. The van der Waals surface area contributed by atoms with E-state index in [2.05, 4.69) is 19.9 Å². The van der Waals surface area contributed by atoms with Crippen molar-refractivity contribution >= 4 is 17.0 Å². The summed E-state index contributed by atoms with van der Waals surface area (Å²) in [6.45, 7) is 1.94. The summed E-state index contributed by atoms with van der Waals surface area (Å²) in [4.78, 5) is 16.5. The summed E-state index contributed by atoms with van der Waals surface area (Å²) in [6.07, 6.45) is 4.84. The molecule has 0 aromatic carbocycles. The van der Waals surface area contributed by atoms with Crippen molar-refractivity contribution in [2.75, 3.05) is 5.73 Å². The van der Waals surface area contributed by atoms with Gasteiger partial charge < -0.3 is 5.73 Å².